The van der Waals surface area contributed by atoms with Gasteiger partial charge in [-0.15, -0.1) is 5.10 Å². The van der Waals surface area contributed by atoms with Crippen molar-refractivity contribution in [2.45, 2.75) is 27.0 Å². The molecule has 0 radical (unpaired) electrons. The lowest BCUT2D eigenvalue weighted by molar-refractivity contribution is -0.386. The minimum absolute atomic E-state index is 0.0764. The number of hydrogen-bond acceptors (Lipinski definition) is 6. The number of aromatic nitrogens is 4. The molecule has 0 aromatic carbocycles. The first kappa shape index (κ1) is 13.1. The van der Waals surface area contributed by atoms with Gasteiger partial charge in [0.05, 0.1) is 35.5 Å². The Bertz CT molecular complexity index is 623. The zero-order chi connectivity index (χ0) is 14.0. The molecule has 8 nitrogen and oxygen atoms in total. The molecule has 0 aliphatic rings. The highest BCUT2D eigenvalue weighted by atomic mass is 16.6. The Morgan fingerprint density at radius 3 is 2.79 bits per heavy atom. The van der Waals surface area contributed by atoms with Crippen molar-refractivity contribution in [2.24, 2.45) is 0 Å². The maximum atomic E-state index is 11.0. The third-order valence-electron chi connectivity index (χ3n) is 2.82. The van der Waals surface area contributed by atoms with Crippen LogP contribution in [0.5, 0.6) is 0 Å². The van der Waals surface area contributed by atoms with E-state index >= 15 is 0 Å². The van der Waals surface area contributed by atoms with Gasteiger partial charge in [-0.3, -0.25) is 15.1 Å². The maximum Gasteiger partial charge on any atom is 0.278 e. The smallest absolute Gasteiger partial charge is 0.278 e. The molecule has 0 fully saturated rings. The van der Waals surface area contributed by atoms with Crippen molar-refractivity contribution in [1.29, 1.82) is 0 Å². The Labute approximate surface area is 108 Å². The van der Waals surface area contributed by atoms with Crippen molar-refractivity contribution in [3.8, 4) is 0 Å². The highest BCUT2D eigenvalue weighted by molar-refractivity contribution is 5.47. The van der Waals surface area contributed by atoms with E-state index < -0.39 is 4.92 Å². The molecular weight excluding hydrogens is 250 g/mol. The lowest BCUT2D eigenvalue weighted by Gasteiger charge is -2.07. The van der Waals surface area contributed by atoms with Crippen molar-refractivity contribution >= 4 is 5.69 Å². The molecule has 0 unspecified atom stereocenters. The van der Waals surface area contributed by atoms with Crippen LogP contribution < -0.4 is 0 Å². The summed E-state index contributed by atoms with van der Waals surface area (Å²) in [5, 5.41) is 27.5. The topological polar surface area (TPSA) is 107 Å². The molecule has 0 aliphatic carbocycles. The predicted octanol–water partition coefficient (Wildman–Crippen LogP) is 0.739. The number of nitrogens with zero attached hydrogens (tertiary/aromatic N) is 5. The zero-order valence-corrected chi connectivity index (χ0v) is 10.6. The number of pyridine rings is 1. The van der Waals surface area contributed by atoms with Crippen LogP contribution in [-0.4, -0.2) is 30.0 Å². The van der Waals surface area contributed by atoms with Crippen LogP contribution in [0.25, 0.3) is 0 Å². The molecule has 0 bridgehead atoms. The van der Waals surface area contributed by atoms with Crippen molar-refractivity contribution < 1.29 is 10.0 Å². The Balaban J connectivity index is 2.35. The van der Waals surface area contributed by atoms with Gasteiger partial charge in [0, 0.05) is 11.8 Å². The average Bonchev–Trinajstić information content (AvgIpc) is 2.80. The highest BCUT2D eigenvalue weighted by Crippen LogP contribution is 2.24. The second-order valence-corrected chi connectivity index (χ2v) is 4.18. The molecule has 0 saturated heterocycles. The molecule has 0 saturated carbocycles. The molecule has 0 spiro atoms. The number of rotatable bonds is 4. The van der Waals surface area contributed by atoms with Crippen LogP contribution >= 0.6 is 0 Å². The standard InChI is InChI=1S/C11H13N5O3/c1-7-3-12-10(8(2)11(7)16(18)19)5-15-4-9(6-17)13-14-15/h3-4,17H,5-6H2,1-2H3. The van der Waals surface area contributed by atoms with E-state index in [4.69, 9.17) is 5.11 Å². The van der Waals surface area contributed by atoms with E-state index in [2.05, 4.69) is 15.3 Å². The first-order valence-electron chi connectivity index (χ1n) is 5.62. The van der Waals surface area contributed by atoms with Crippen LogP contribution in [0.2, 0.25) is 0 Å². The van der Waals surface area contributed by atoms with Gasteiger partial charge in [-0.2, -0.15) is 0 Å². The first-order chi connectivity index (χ1) is 9.02. The SMILES string of the molecule is Cc1cnc(Cn2cc(CO)nn2)c(C)c1[N+](=O)[O-]. The Morgan fingerprint density at radius 1 is 1.47 bits per heavy atom. The number of aryl methyl sites for hydroxylation is 1. The summed E-state index contributed by atoms with van der Waals surface area (Å²) in [4.78, 5) is 14.8. The Hall–Kier alpha value is -2.35. The first-order valence-corrected chi connectivity index (χ1v) is 5.62. The number of hydrogen-bond donors (Lipinski definition) is 1. The molecule has 1 N–H and O–H groups in total. The lowest BCUT2D eigenvalue weighted by atomic mass is 10.1. The summed E-state index contributed by atoms with van der Waals surface area (Å²) in [6.07, 6.45) is 3.05. The minimum Gasteiger partial charge on any atom is -0.390 e. The molecule has 19 heavy (non-hydrogen) atoms. The third kappa shape index (κ3) is 2.58. The zero-order valence-electron chi connectivity index (χ0n) is 10.6. The average molecular weight is 263 g/mol. The van der Waals surface area contributed by atoms with Gasteiger partial charge in [0.25, 0.3) is 5.69 Å². The van der Waals surface area contributed by atoms with Crippen molar-refractivity contribution in [3.63, 3.8) is 0 Å². The van der Waals surface area contributed by atoms with E-state index in [1.165, 1.54) is 10.9 Å². The van der Waals surface area contributed by atoms with Crippen LogP contribution in [0.15, 0.2) is 12.4 Å². The van der Waals surface area contributed by atoms with Gasteiger partial charge in [-0.05, 0) is 13.8 Å². The predicted molar refractivity (Wildman–Crippen MR) is 65.4 cm³/mol. The fourth-order valence-corrected chi connectivity index (χ4v) is 1.85. The largest absolute Gasteiger partial charge is 0.390 e. The number of aliphatic hydroxyl groups is 1. The Morgan fingerprint density at radius 2 is 2.21 bits per heavy atom. The fraction of sp³-hybridized carbons (Fsp3) is 0.364. The van der Waals surface area contributed by atoms with Crippen molar-refractivity contribution in [1.82, 2.24) is 20.0 Å². The van der Waals surface area contributed by atoms with Gasteiger partial charge in [0.2, 0.25) is 0 Å². The van der Waals surface area contributed by atoms with Gasteiger partial charge in [-0.25, -0.2) is 4.68 Å². The molecule has 2 rings (SSSR count). The summed E-state index contributed by atoms with van der Waals surface area (Å²) in [6.45, 7) is 3.40. The van der Waals surface area contributed by atoms with E-state index in [0.29, 0.717) is 22.5 Å². The summed E-state index contributed by atoms with van der Waals surface area (Å²) in [7, 11) is 0. The van der Waals surface area contributed by atoms with Crippen LogP contribution in [0.1, 0.15) is 22.5 Å². The molecular formula is C11H13N5O3. The van der Waals surface area contributed by atoms with Gasteiger partial charge in [0.15, 0.2) is 0 Å². The van der Waals surface area contributed by atoms with E-state index in [0.717, 1.165) is 0 Å². The van der Waals surface area contributed by atoms with E-state index in [1.807, 2.05) is 0 Å². The minimum atomic E-state index is -0.406. The van der Waals surface area contributed by atoms with E-state index in [9.17, 15) is 10.1 Å². The summed E-state index contributed by atoms with van der Waals surface area (Å²) in [5.74, 6) is 0. The lowest BCUT2D eigenvalue weighted by Crippen LogP contribution is -2.07. The molecule has 2 aromatic rings. The summed E-state index contributed by atoms with van der Waals surface area (Å²) in [5.41, 5.74) is 2.13. The van der Waals surface area contributed by atoms with Gasteiger partial charge >= 0.3 is 0 Å². The van der Waals surface area contributed by atoms with Gasteiger partial charge < -0.3 is 5.11 Å². The van der Waals surface area contributed by atoms with Crippen LogP contribution in [0.3, 0.4) is 0 Å². The molecule has 0 atom stereocenters. The number of aliphatic hydroxyl groups excluding tert-OH is 1. The molecule has 0 aliphatic heterocycles. The quantitative estimate of drug-likeness (QED) is 0.644. The fourth-order valence-electron chi connectivity index (χ4n) is 1.85. The van der Waals surface area contributed by atoms with E-state index in [-0.39, 0.29) is 18.8 Å². The van der Waals surface area contributed by atoms with Gasteiger partial charge in [0.1, 0.15) is 5.69 Å². The third-order valence-corrected chi connectivity index (χ3v) is 2.82. The number of nitro groups is 1. The van der Waals surface area contributed by atoms with Crippen LogP contribution in [-0.2, 0) is 13.2 Å². The maximum absolute atomic E-state index is 11.0. The second-order valence-electron chi connectivity index (χ2n) is 4.18. The molecule has 2 heterocycles. The molecule has 100 valence electrons. The van der Waals surface area contributed by atoms with Crippen molar-refractivity contribution in [3.05, 3.63) is 45.0 Å². The monoisotopic (exact) mass is 263 g/mol. The van der Waals surface area contributed by atoms with Crippen LogP contribution in [0, 0.1) is 24.0 Å². The molecule has 0 amide bonds. The summed E-state index contributed by atoms with van der Waals surface area (Å²) < 4.78 is 1.49. The van der Waals surface area contributed by atoms with Gasteiger partial charge in [-0.1, -0.05) is 5.21 Å². The normalized spacial score (nSPS) is 10.7. The van der Waals surface area contributed by atoms with E-state index in [1.54, 1.807) is 20.0 Å². The second kappa shape index (κ2) is 5.11. The van der Waals surface area contributed by atoms with Crippen molar-refractivity contribution in [2.75, 3.05) is 0 Å². The summed E-state index contributed by atoms with van der Waals surface area (Å²) >= 11 is 0. The van der Waals surface area contributed by atoms with Crippen LogP contribution in [0.4, 0.5) is 5.69 Å². The highest BCUT2D eigenvalue weighted by Gasteiger charge is 2.19. The Kier molecular flexibility index (Phi) is 3.52. The molecule has 8 heteroatoms. The summed E-state index contributed by atoms with van der Waals surface area (Å²) in [6, 6.07) is 0. The molecule has 2 aromatic heterocycles.